The summed E-state index contributed by atoms with van der Waals surface area (Å²) in [4.78, 5) is 0. The minimum absolute atomic E-state index is 0.138. The van der Waals surface area contributed by atoms with Gasteiger partial charge in [0.1, 0.15) is 0 Å². The van der Waals surface area contributed by atoms with Crippen molar-refractivity contribution in [3.8, 4) is 6.07 Å². The van der Waals surface area contributed by atoms with Gasteiger partial charge in [0.05, 0.1) is 12.0 Å². The Bertz CT molecular complexity index is 145. The van der Waals surface area contributed by atoms with Gasteiger partial charge in [-0.15, -0.1) is 0 Å². The van der Waals surface area contributed by atoms with Gasteiger partial charge < -0.3 is 0 Å². The predicted octanol–water partition coefficient (Wildman–Crippen LogP) is 3.22. The molecular weight excluding hydrogens is 134 g/mol. The average molecular weight is 153 g/mol. The summed E-state index contributed by atoms with van der Waals surface area (Å²) in [5.74, 6) is 0.821. The zero-order valence-corrected chi connectivity index (χ0v) is 8.31. The highest BCUT2D eigenvalue weighted by molar-refractivity contribution is 4.91. The number of nitriles is 1. The third kappa shape index (κ3) is 4.03. The molecule has 0 bridgehead atoms. The van der Waals surface area contributed by atoms with Crippen molar-refractivity contribution in [1.82, 2.24) is 0 Å². The van der Waals surface area contributed by atoms with Crippen LogP contribution in [-0.4, -0.2) is 0 Å². The molecule has 0 aromatic carbocycles. The molecule has 0 saturated carbocycles. The van der Waals surface area contributed by atoms with Crippen molar-refractivity contribution in [2.45, 2.75) is 41.0 Å². The summed E-state index contributed by atoms with van der Waals surface area (Å²) in [5.41, 5.74) is 0.138. The summed E-state index contributed by atoms with van der Waals surface area (Å²) >= 11 is 0. The Morgan fingerprint density at radius 1 is 1.27 bits per heavy atom. The fourth-order valence-electron chi connectivity index (χ4n) is 1.07. The molecule has 0 heterocycles. The SMILES string of the molecule is CC(C)CC(C#N)C(C)(C)C. The number of hydrogen-bond donors (Lipinski definition) is 0. The summed E-state index contributed by atoms with van der Waals surface area (Å²) in [7, 11) is 0. The first kappa shape index (κ1) is 10.5. The van der Waals surface area contributed by atoms with E-state index in [1.54, 1.807) is 0 Å². The zero-order valence-electron chi connectivity index (χ0n) is 8.31. The molecule has 0 aromatic heterocycles. The Balaban J connectivity index is 4.11. The Morgan fingerprint density at radius 2 is 1.73 bits per heavy atom. The molecule has 0 N–H and O–H groups in total. The molecule has 0 aromatic rings. The van der Waals surface area contributed by atoms with E-state index in [4.69, 9.17) is 5.26 Å². The molecule has 0 aliphatic carbocycles. The molecule has 1 nitrogen and oxygen atoms in total. The molecule has 11 heavy (non-hydrogen) atoms. The van der Waals surface area contributed by atoms with Crippen molar-refractivity contribution in [2.75, 3.05) is 0 Å². The first-order valence-corrected chi connectivity index (χ1v) is 4.27. The van der Waals surface area contributed by atoms with Gasteiger partial charge in [0.25, 0.3) is 0 Å². The van der Waals surface area contributed by atoms with E-state index < -0.39 is 0 Å². The standard InChI is InChI=1S/C10H19N/c1-8(2)6-9(7-11)10(3,4)5/h8-9H,6H2,1-5H3. The molecule has 0 saturated heterocycles. The summed E-state index contributed by atoms with van der Waals surface area (Å²) in [6.45, 7) is 10.7. The number of nitrogens with zero attached hydrogens (tertiary/aromatic N) is 1. The molecule has 0 spiro atoms. The molecule has 1 atom stereocenters. The van der Waals surface area contributed by atoms with Gasteiger partial charge in [-0.3, -0.25) is 0 Å². The average Bonchev–Trinajstić information content (AvgIpc) is 1.79. The normalized spacial score (nSPS) is 14.6. The van der Waals surface area contributed by atoms with Gasteiger partial charge in [0.15, 0.2) is 0 Å². The maximum atomic E-state index is 8.86. The number of hydrogen-bond acceptors (Lipinski definition) is 1. The maximum absolute atomic E-state index is 8.86. The second kappa shape index (κ2) is 3.76. The highest BCUT2D eigenvalue weighted by Crippen LogP contribution is 2.30. The van der Waals surface area contributed by atoms with E-state index in [2.05, 4.69) is 40.7 Å². The zero-order chi connectivity index (χ0) is 9.07. The van der Waals surface area contributed by atoms with E-state index in [-0.39, 0.29) is 11.3 Å². The fourth-order valence-corrected chi connectivity index (χ4v) is 1.07. The topological polar surface area (TPSA) is 23.8 Å². The van der Waals surface area contributed by atoms with Crippen LogP contribution in [-0.2, 0) is 0 Å². The lowest BCUT2D eigenvalue weighted by Crippen LogP contribution is -2.20. The van der Waals surface area contributed by atoms with Crippen molar-refractivity contribution in [2.24, 2.45) is 17.3 Å². The van der Waals surface area contributed by atoms with Crippen LogP contribution in [0.2, 0.25) is 0 Å². The van der Waals surface area contributed by atoms with Crippen LogP contribution in [0, 0.1) is 28.6 Å². The minimum atomic E-state index is 0.138. The quantitative estimate of drug-likeness (QED) is 0.597. The van der Waals surface area contributed by atoms with Crippen molar-refractivity contribution in [3.63, 3.8) is 0 Å². The lowest BCUT2D eigenvalue weighted by atomic mass is 9.77. The van der Waals surface area contributed by atoms with Gasteiger partial charge in [-0.05, 0) is 17.8 Å². The maximum Gasteiger partial charge on any atom is 0.0661 e. The minimum Gasteiger partial charge on any atom is -0.198 e. The highest BCUT2D eigenvalue weighted by Gasteiger charge is 2.24. The van der Waals surface area contributed by atoms with Gasteiger partial charge in [-0.1, -0.05) is 34.6 Å². The van der Waals surface area contributed by atoms with Crippen LogP contribution in [0.3, 0.4) is 0 Å². The van der Waals surface area contributed by atoms with E-state index >= 15 is 0 Å². The first-order chi connectivity index (χ1) is 4.88. The molecule has 0 amide bonds. The molecule has 1 heteroatoms. The number of rotatable bonds is 2. The summed E-state index contributed by atoms with van der Waals surface area (Å²) < 4.78 is 0. The van der Waals surface area contributed by atoms with Crippen molar-refractivity contribution < 1.29 is 0 Å². The summed E-state index contributed by atoms with van der Waals surface area (Å²) in [5, 5.41) is 8.86. The van der Waals surface area contributed by atoms with Crippen LogP contribution in [0.25, 0.3) is 0 Å². The monoisotopic (exact) mass is 153 g/mol. The second-order valence-electron chi connectivity index (χ2n) is 4.68. The van der Waals surface area contributed by atoms with Gasteiger partial charge in [-0.25, -0.2) is 0 Å². The third-order valence-corrected chi connectivity index (χ3v) is 1.91. The van der Waals surface area contributed by atoms with Crippen molar-refractivity contribution in [1.29, 1.82) is 5.26 Å². The van der Waals surface area contributed by atoms with E-state index in [0.717, 1.165) is 6.42 Å². The second-order valence-corrected chi connectivity index (χ2v) is 4.68. The predicted molar refractivity (Wildman–Crippen MR) is 48.0 cm³/mol. The van der Waals surface area contributed by atoms with Gasteiger partial charge >= 0.3 is 0 Å². The van der Waals surface area contributed by atoms with Crippen LogP contribution < -0.4 is 0 Å². The van der Waals surface area contributed by atoms with Gasteiger partial charge in [0, 0.05) is 0 Å². The largest absolute Gasteiger partial charge is 0.198 e. The molecule has 0 aliphatic heterocycles. The molecular formula is C10H19N. The van der Waals surface area contributed by atoms with Gasteiger partial charge in [0.2, 0.25) is 0 Å². The van der Waals surface area contributed by atoms with Gasteiger partial charge in [-0.2, -0.15) is 5.26 Å². The lowest BCUT2D eigenvalue weighted by molar-refractivity contribution is 0.261. The molecule has 0 radical (unpaired) electrons. The van der Waals surface area contributed by atoms with Crippen molar-refractivity contribution >= 4 is 0 Å². The molecule has 0 rings (SSSR count). The van der Waals surface area contributed by atoms with Crippen LogP contribution in [0.15, 0.2) is 0 Å². The first-order valence-electron chi connectivity index (χ1n) is 4.27. The molecule has 0 fully saturated rings. The lowest BCUT2D eigenvalue weighted by Gasteiger charge is -2.25. The van der Waals surface area contributed by atoms with Crippen molar-refractivity contribution in [3.05, 3.63) is 0 Å². The molecule has 0 aliphatic rings. The third-order valence-electron chi connectivity index (χ3n) is 1.91. The Kier molecular flexibility index (Phi) is 3.58. The van der Waals surface area contributed by atoms with Crippen LogP contribution >= 0.6 is 0 Å². The van der Waals surface area contributed by atoms with E-state index in [0.29, 0.717) is 5.92 Å². The highest BCUT2D eigenvalue weighted by atomic mass is 14.3. The van der Waals surface area contributed by atoms with Crippen LogP contribution in [0.5, 0.6) is 0 Å². The van der Waals surface area contributed by atoms with Crippen LogP contribution in [0.1, 0.15) is 41.0 Å². The smallest absolute Gasteiger partial charge is 0.0661 e. The summed E-state index contributed by atoms with van der Waals surface area (Å²) in [6.07, 6.45) is 1.01. The fraction of sp³-hybridized carbons (Fsp3) is 0.900. The summed E-state index contributed by atoms with van der Waals surface area (Å²) in [6, 6.07) is 2.37. The van der Waals surface area contributed by atoms with Crippen LogP contribution in [0.4, 0.5) is 0 Å². The Labute approximate surface area is 70.4 Å². The van der Waals surface area contributed by atoms with E-state index in [1.807, 2.05) is 0 Å². The Morgan fingerprint density at radius 3 is 1.82 bits per heavy atom. The van der Waals surface area contributed by atoms with E-state index in [1.165, 1.54) is 0 Å². The molecule has 1 unspecified atom stereocenters. The Hall–Kier alpha value is -0.510. The molecule has 64 valence electrons. The van der Waals surface area contributed by atoms with E-state index in [9.17, 15) is 0 Å².